The van der Waals surface area contributed by atoms with Gasteiger partial charge in [0, 0.05) is 20.8 Å². The Morgan fingerprint density at radius 1 is 1.47 bits per heavy atom. The van der Waals surface area contributed by atoms with Crippen LogP contribution in [0.25, 0.3) is 0 Å². The summed E-state index contributed by atoms with van der Waals surface area (Å²) >= 11 is 0. The van der Waals surface area contributed by atoms with Crippen LogP contribution in [0.2, 0.25) is 0 Å². The van der Waals surface area contributed by atoms with Gasteiger partial charge < -0.3 is 14.8 Å². The molecule has 0 amide bonds. The van der Waals surface area contributed by atoms with Crippen molar-refractivity contribution in [1.29, 1.82) is 0 Å². The van der Waals surface area contributed by atoms with E-state index in [1.54, 1.807) is 20.4 Å². The Morgan fingerprint density at radius 2 is 2.18 bits per heavy atom. The molecule has 0 fully saturated rings. The summed E-state index contributed by atoms with van der Waals surface area (Å²) in [7, 11) is 7.29. The first-order valence-electron chi connectivity index (χ1n) is 5.86. The van der Waals surface area contributed by atoms with E-state index in [9.17, 15) is 0 Å². The fraction of sp³-hybridized carbons (Fsp3) is 0.750. The van der Waals surface area contributed by atoms with Gasteiger partial charge >= 0.3 is 0 Å². The topological polar surface area (TPSA) is 48.3 Å². The zero-order valence-corrected chi connectivity index (χ0v) is 11.4. The van der Waals surface area contributed by atoms with Crippen LogP contribution < -0.4 is 10.1 Å². The Balaban J connectivity index is 2.81. The van der Waals surface area contributed by atoms with E-state index in [0.717, 1.165) is 24.5 Å². The largest absolute Gasteiger partial charge is 0.493 e. The van der Waals surface area contributed by atoms with E-state index in [0.29, 0.717) is 5.92 Å². The lowest BCUT2D eigenvalue weighted by Crippen LogP contribution is -2.23. The van der Waals surface area contributed by atoms with Gasteiger partial charge in [0.1, 0.15) is 0 Å². The van der Waals surface area contributed by atoms with Gasteiger partial charge in [0.25, 0.3) is 0 Å². The van der Waals surface area contributed by atoms with Gasteiger partial charge in [-0.2, -0.15) is 5.10 Å². The number of hydrogen-bond acceptors (Lipinski definition) is 4. The third-order valence-electron chi connectivity index (χ3n) is 2.94. The molecule has 2 atom stereocenters. The van der Waals surface area contributed by atoms with E-state index in [4.69, 9.17) is 9.47 Å². The van der Waals surface area contributed by atoms with Gasteiger partial charge in [-0.1, -0.05) is 6.92 Å². The smallest absolute Gasteiger partial charge is 0.161 e. The SMILES string of the molecule is CNC(CC(C)COC)c1c(OC)cnn1C. The molecule has 0 spiro atoms. The zero-order chi connectivity index (χ0) is 12.8. The molecule has 5 heteroatoms. The number of nitrogens with zero attached hydrogens (tertiary/aromatic N) is 2. The molecule has 1 rings (SSSR count). The van der Waals surface area contributed by atoms with Crippen molar-refractivity contribution in [2.75, 3.05) is 27.9 Å². The molecule has 0 aromatic carbocycles. The van der Waals surface area contributed by atoms with Gasteiger partial charge in [0.05, 0.1) is 25.0 Å². The number of rotatable bonds is 7. The van der Waals surface area contributed by atoms with E-state index in [1.807, 2.05) is 18.8 Å². The number of ether oxygens (including phenoxy) is 2. The zero-order valence-electron chi connectivity index (χ0n) is 11.4. The third-order valence-corrected chi connectivity index (χ3v) is 2.94. The van der Waals surface area contributed by atoms with E-state index in [2.05, 4.69) is 17.3 Å². The van der Waals surface area contributed by atoms with Crippen molar-refractivity contribution in [1.82, 2.24) is 15.1 Å². The lowest BCUT2D eigenvalue weighted by Gasteiger charge is -2.21. The minimum Gasteiger partial charge on any atom is -0.493 e. The minimum absolute atomic E-state index is 0.225. The van der Waals surface area contributed by atoms with Crippen molar-refractivity contribution in [3.8, 4) is 5.75 Å². The molecular formula is C12H23N3O2. The first-order chi connectivity index (χ1) is 8.13. The Morgan fingerprint density at radius 3 is 2.71 bits per heavy atom. The molecule has 0 radical (unpaired) electrons. The van der Waals surface area contributed by atoms with Crippen LogP contribution in [0.4, 0.5) is 0 Å². The minimum atomic E-state index is 0.225. The molecule has 1 N–H and O–H groups in total. The molecule has 0 saturated heterocycles. The first-order valence-corrected chi connectivity index (χ1v) is 5.86. The van der Waals surface area contributed by atoms with Gasteiger partial charge in [-0.05, 0) is 19.4 Å². The average Bonchev–Trinajstić information content (AvgIpc) is 2.68. The molecule has 98 valence electrons. The van der Waals surface area contributed by atoms with E-state index < -0.39 is 0 Å². The number of hydrogen-bond donors (Lipinski definition) is 1. The average molecular weight is 241 g/mol. The van der Waals surface area contributed by atoms with Gasteiger partial charge in [0.2, 0.25) is 0 Å². The predicted octanol–water partition coefficient (Wildman–Crippen LogP) is 1.36. The number of aromatic nitrogens is 2. The van der Waals surface area contributed by atoms with E-state index in [1.165, 1.54) is 0 Å². The molecular weight excluding hydrogens is 218 g/mol. The van der Waals surface area contributed by atoms with Crippen molar-refractivity contribution >= 4 is 0 Å². The Bertz CT molecular complexity index is 338. The standard InChI is InChI=1S/C12H23N3O2/c1-9(8-16-4)6-10(13-2)12-11(17-5)7-14-15(12)3/h7,9-10,13H,6,8H2,1-5H3. The summed E-state index contributed by atoms with van der Waals surface area (Å²) in [6.07, 6.45) is 2.74. The van der Waals surface area contributed by atoms with Crippen LogP contribution in [0.3, 0.4) is 0 Å². The number of aryl methyl sites for hydroxylation is 1. The molecule has 0 aliphatic heterocycles. The maximum Gasteiger partial charge on any atom is 0.161 e. The fourth-order valence-corrected chi connectivity index (χ4v) is 2.10. The number of methoxy groups -OCH3 is 2. The molecule has 1 aromatic heterocycles. The van der Waals surface area contributed by atoms with Crippen LogP contribution >= 0.6 is 0 Å². The van der Waals surface area contributed by atoms with Crippen molar-refractivity contribution < 1.29 is 9.47 Å². The number of nitrogens with one attached hydrogen (secondary N) is 1. The Hall–Kier alpha value is -1.07. The molecule has 2 unspecified atom stereocenters. The predicted molar refractivity (Wildman–Crippen MR) is 67.2 cm³/mol. The molecule has 0 aliphatic rings. The highest BCUT2D eigenvalue weighted by atomic mass is 16.5. The second-order valence-corrected chi connectivity index (χ2v) is 4.36. The van der Waals surface area contributed by atoms with Crippen molar-refractivity contribution in [2.45, 2.75) is 19.4 Å². The van der Waals surface area contributed by atoms with Gasteiger partial charge in [-0.25, -0.2) is 0 Å². The molecule has 17 heavy (non-hydrogen) atoms. The summed E-state index contributed by atoms with van der Waals surface area (Å²) in [6, 6.07) is 0.225. The van der Waals surface area contributed by atoms with Crippen LogP contribution in [-0.4, -0.2) is 37.7 Å². The van der Waals surface area contributed by atoms with E-state index in [-0.39, 0.29) is 6.04 Å². The Kier molecular flexibility index (Phi) is 5.44. The highest BCUT2D eigenvalue weighted by Crippen LogP contribution is 2.28. The van der Waals surface area contributed by atoms with Crippen LogP contribution in [0.5, 0.6) is 5.75 Å². The fourth-order valence-electron chi connectivity index (χ4n) is 2.10. The van der Waals surface area contributed by atoms with Gasteiger partial charge in [0.15, 0.2) is 5.75 Å². The van der Waals surface area contributed by atoms with Gasteiger partial charge in [-0.3, -0.25) is 4.68 Å². The lowest BCUT2D eigenvalue weighted by atomic mass is 10.00. The normalized spacial score (nSPS) is 14.6. The summed E-state index contributed by atoms with van der Waals surface area (Å²) in [5.41, 5.74) is 1.08. The van der Waals surface area contributed by atoms with Crippen LogP contribution in [0.15, 0.2) is 6.20 Å². The van der Waals surface area contributed by atoms with Crippen LogP contribution in [0.1, 0.15) is 25.1 Å². The summed E-state index contributed by atoms with van der Waals surface area (Å²) in [4.78, 5) is 0. The summed E-state index contributed by atoms with van der Waals surface area (Å²) in [5.74, 6) is 1.31. The molecule has 1 heterocycles. The first kappa shape index (κ1) is 14.0. The summed E-state index contributed by atoms with van der Waals surface area (Å²) in [5, 5.41) is 7.54. The van der Waals surface area contributed by atoms with Crippen LogP contribution in [0, 0.1) is 5.92 Å². The molecule has 0 saturated carbocycles. The van der Waals surface area contributed by atoms with E-state index >= 15 is 0 Å². The Labute approximate surface area is 103 Å². The second kappa shape index (κ2) is 6.61. The third kappa shape index (κ3) is 3.44. The van der Waals surface area contributed by atoms with Crippen molar-refractivity contribution in [3.05, 3.63) is 11.9 Å². The van der Waals surface area contributed by atoms with Crippen LogP contribution in [-0.2, 0) is 11.8 Å². The molecule has 1 aromatic rings. The highest BCUT2D eigenvalue weighted by molar-refractivity contribution is 5.28. The van der Waals surface area contributed by atoms with Crippen molar-refractivity contribution in [3.63, 3.8) is 0 Å². The molecule has 0 bridgehead atoms. The van der Waals surface area contributed by atoms with Gasteiger partial charge in [-0.15, -0.1) is 0 Å². The summed E-state index contributed by atoms with van der Waals surface area (Å²) < 4.78 is 12.4. The summed E-state index contributed by atoms with van der Waals surface area (Å²) in [6.45, 7) is 2.94. The second-order valence-electron chi connectivity index (χ2n) is 4.36. The van der Waals surface area contributed by atoms with Crippen molar-refractivity contribution in [2.24, 2.45) is 13.0 Å². The highest BCUT2D eigenvalue weighted by Gasteiger charge is 2.21. The maximum absolute atomic E-state index is 5.34. The lowest BCUT2D eigenvalue weighted by molar-refractivity contribution is 0.149. The quantitative estimate of drug-likeness (QED) is 0.783. The maximum atomic E-state index is 5.34. The molecule has 5 nitrogen and oxygen atoms in total. The monoisotopic (exact) mass is 241 g/mol. The molecule has 0 aliphatic carbocycles.